The van der Waals surface area contributed by atoms with Gasteiger partial charge in [-0.15, -0.1) is 13.2 Å². The van der Waals surface area contributed by atoms with Gasteiger partial charge in [-0.1, -0.05) is 50.4 Å². The highest BCUT2D eigenvalue weighted by Gasteiger charge is 2.16. The van der Waals surface area contributed by atoms with Gasteiger partial charge < -0.3 is 4.90 Å². The molecule has 0 atom stereocenters. The highest BCUT2D eigenvalue weighted by molar-refractivity contribution is 6.77. The Bertz CT molecular complexity index is 332. The van der Waals surface area contributed by atoms with Crippen molar-refractivity contribution in [2.45, 2.75) is 64.2 Å². The van der Waals surface area contributed by atoms with Crippen LogP contribution in [-0.4, -0.2) is 40.5 Å². The van der Waals surface area contributed by atoms with Crippen molar-refractivity contribution in [3.63, 3.8) is 0 Å². The molecule has 0 heterocycles. The Kier molecular flexibility index (Phi) is 8.48. The molecule has 4 heteroatoms. The van der Waals surface area contributed by atoms with Gasteiger partial charge in [0.1, 0.15) is 0 Å². The molecule has 0 radical (unpaired) electrons. The molecule has 0 aliphatic rings. The first-order chi connectivity index (χ1) is 9.43. The SMILES string of the molecule is C=C(CCN(C=O)CCC(=C)C[Si](C)(C)C)C[Si](C)(C)C. The zero-order valence-corrected chi connectivity index (χ0v) is 17.1. The third kappa shape index (κ3) is 12.8. The van der Waals surface area contributed by atoms with E-state index in [4.69, 9.17) is 0 Å². The summed E-state index contributed by atoms with van der Waals surface area (Å²) in [4.78, 5) is 13.1. The summed E-state index contributed by atoms with van der Waals surface area (Å²) in [6.45, 7) is 24.1. The van der Waals surface area contributed by atoms with Crippen LogP contribution in [0.3, 0.4) is 0 Å². The van der Waals surface area contributed by atoms with Gasteiger partial charge in [0.15, 0.2) is 0 Å². The largest absolute Gasteiger partial charge is 0.345 e. The lowest BCUT2D eigenvalue weighted by Crippen LogP contribution is -2.27. The molecule has 0 aliphatic carbocycles. The molecule has 0 rings (SSSR count). The number of nitrogens with zero attached hydrogens (tertiary/aromatic N) is 1. The van der Waals surface area contributed by atoms with Crippen LogP contribution in [0.15, 0.2) is 24.3 Å². The molecule has 1 amide bonds. The molecular weight excluding hydrogens is 290 g/mol. The van der Waals surface area contributed by atoms with Gasteiger partial charge in [0, 0.05) is 29.2 Å². The van der Waals surface area contributed by atoms with E-state index in [1.54, 1.807) is 0 Å². The average Bonchev–Trinajstić information content (AvgIpc) is 2.24. The monoisotopic (exact) mass is 325 g/mol. The topological polar surface area (TPSA) is 20.3 Å². The summed E-state index contributed by atoms with van der Waals surface area (Å²) >= 11 is 0. The number of hydrogen-bond acceptors (Lipinski definition) is 1. The van der Waals surface area contributed by atoms with E-state index in [2.05, 4.69) is 52.4 Å². The molecule has 0 N–H and O–H groups in total. The molecule has 0 unspecified atom stereocenters. The van der Waals surface area contributed by atoms with Gasteiger partial charge in [-0.2, -0.15) is 0 Å². The fourth-order valence-corrected chi connectivity index (χ4v) is 5.85. The number of carbonyl (C=O) groups excluding carboxylic acids is 1. The fourth-order valence-electron chi connectivity index (χ4n) is 2.50. The normalized spacial score (nSPS) is 12.1. The van der Waals surface area contributed by atoms with Gasteiger partial charge in [0.2, 0.25) is 6.41 Å². The Morgan fingerprint density at radius 2 is 1.19 bits per heavy atom. The van der Waals surface area contributed by atoms with E-state index in [0.717, 1.165) is 44.4 Å². The fraction of sp³-hybridized carbons (Fsp3) is 0.706. The van der Waals surface area contributed by atoms with Crippen molar-refractivity contribution in [2.75, 3.05) is 13.1 Å². The summed E-state index contributed by atoms with van der Waals surface area (Å²) < 4.78 is 0. The molecule has 0 aliphatic heterocycles. The highest BCUT2D eigenvalue weighted by Crippen LogP contribution is 2.19. The molecule has 0 aromatic rings. The summed E-state index contributed by atoms with van der Waals surface area (Å²) in [6, 6.07) is 2.31. The quantitative estimate of drug-likeness (QED) is 0.297. The van der Waals surface area contributed by atoms with E-state index in [0.29, 0.717) is 0 Å². The number of hydrogen-bond donors (Lipinski definition) is 0. The highest BCUT2D eigenvalue weighted by atomic mass is 28.3. The van der Waals surface area contributed by atoms with Crippen molar-refractivity contribution >= 4 is 22.6 Å². The minimum atomic E-state index is -1.08. The maximum Gasteiger partial charge on any atom is 0.209 e. The van der Waals surface area contributed by atoms with Crippen LogP contribution in [0, 0.1) is 0 Å². The second-order valence-corrected chi connectivity index (χ2v) is 19.6. The zero-order valence-electron chi connectivity index (χ0n) is 15.1. The molecule has 2 nitrogen and oxygen atoms in total. The second kappa shape index (κ2) is 8.74. The maximum absolute atomic E-state index is 11.2. The van der Waals surface area contributed by atoms with E-state index in [-0.39, 0.29) is 0 Å². The van der Waals surface area contributed by atoms with Crippen molar-refractivity contribution in [3.05, 3.63) is 24.3 Å². The van der Waals surface area contributed by atoms with Crippen LogP contribution in [-0.2, 0) is 4.79 Å². The van der Waals surface area contributed by atoms with Crippen molar-refractivity contribution < 1.29 is 4.79 Å². The summed E-state index contributed by atoms with van der Waals surface area (Å²) in [7, 11) is -2.16. The van der Waals surface area contributed by atoms with Gasteiger partial charge in [-0.3, -0.25) is 4.79 Å². The summed E-state index contributed by atoms with van der Waals surface area (Å²) in [6.07, 6.45) is 2.84. The van der Waals surface area contributed by atoms with Crippen LogP contribution in [0.5, 0.6) is 0 Å². The predicted molar refractivity (Wildman–Crippen MR) is 101 cm³/mol. The predicted octanol–water partition coefficient (Wildman–Crippen LogP) is 5.01. The molecular formula is C17H35NOSi2. The lowest BCUT2D eigenvalue weighted by Gasteiger charge is -2.23. The zero-order chi connectivity index (χ0) is 16.7. The van der Waals surface area contributed by atoms with Crippen LogP contribution in [0.1, 0.15) is 12.8 Å². The molecule has 0 bridgehead atoms. The van der Waals surface area contributed by atoms with E-state index < -0.39 is 16.1 Å². The van der Waals surface area contributed by atoms with Crippen LogP contribution in [0.4, 0.5) is 0 Å². The summed E-state index contributed by atoms with van der Waals surface area (Å²) in [5.41, 5.74) is 2.59. The Morgan fingerprint density at radius 3 is 1.43 bits per heavy atom. The Balaban J connectivity index is 4.10. The van der Waals surface area contributed by atoms with E-state index in [9.17, 15) is 4.79 Å². The number of carbonyl (C=O) groups is 1. The standard InChI is InChI=1S/C17H35NOSi2/c1-16(13-20(3,4)5)9-11-18(15-19)12-10-17(2)14-21(6,7)8/h15H,1-2,9-14H2,3-8H3. The number of rotatable bonds is 11. The molecule has 0 spiro atoms. The molecule has 122 valence electrons. The first-order valence-electron chi connectivity index (χ1n) is 7.95. The molecule has 0 saturated heterocycles. The Morgan fingerprint density at radius 1 is 0.857 bits per heavy atom. The summed E-state index contributed by atoms with van der Waals surface area (Å²) in [5, 5.41) is 0. The van der Waals surface area contributed by atoms with Gasteiger partial charge in [-0.25, -0.2) is 0 Å². The van der Waals surface area contributed by atoms with Crippen molar-refractivity contribution in [2.24, 2.45) is 0 Å². The van der Waals surface area contributed by atoms with Crippen LogP contribution in [0.2, 0.25) is 51.4 Å². The van der Waals surface area contributed by atoms with Crippen LogP contribution in [0.25, 0.3) is 0 Å². The van der Waals surface area contributed by atoms with Crippen molar-refractivity contribution in [1.82, 2.24) is 4.90 Å². The lowest BCUT2D eigenvalue weighted by atomic mass is 10.2. The van der Waals surface area contributed by atoms with Gasteiger partial charge >= 0.3 is 0 Å². The Labute approximate surface area is 134 Å². The summed E-state index contributed by atoms with van der Waals surface area (Å²) in [5.74, 6) is 0. The van der Waals surface area contributed by atoms with Crippen LogP contribution >= 0.6 is 0 Å². The number of amides is 1. The minimum Gasteiger partial charge on any atom is -0.345 e. The Hall–Kier alpha value is -0.616. The molecule has 0 aromatic heterocycles. The van der Waals surface area contributed by atoms with E-state index in [1.807, 2.05) is 4.90 Å². The first-order valence-corrected chi connectivity index (χ1v) is 15.4. The van der Waals surface area contributed by atoms with Gasteiger partial charge in [0.25, 0.3) is 0 Å². The second-order valence-electron chi connectivity index (χ2n) is 8.62. The van der Waals surface area contributed by atoms with E-state index >= 15 is 0 Å². The smallest absolute Gasteiger partial charge is 0.209 e. The molecule has 0 saturated carbocycles. The van der Waals surface area contributed by atoms with Crippen molar-refractivity contribution in [1.29, 1.82) is 0 Å². The van der Waals surface area contributed by atoms with E-state index in [1.165, 1.54) is 11.1 Å². The minimum absolute atomic E-state index is 0.799. The third-order valence-corrected chi connectivity index (χ3v) is 6.34. The lowest BCUT2D eigenvalue weighted by molar-refractivity contribution is -0.118. The average molecular weight is 326 g/mol. The third-order valence-electron chi connectivity index (χ3n) is 3.21. The van der Waals surface area contributed by atoms with Crippen LogP contribution < -0.4 is 0 Å². The van der Waals surface area contributed by atoms with Gasteiger partial charge in [0.05, 0.1) is 0 Å². The molecule has 0 fully saturated rings. The molecule has 0 aromatic carbocycles. The first kappa shape index (κ1) is 20.4. The van der Waals surface area contributed by atoms with Crippen molar-refractivity contribution in [3.8, 4) is 0 Å². The van der Waals surface area contributed by atoms with Gasteiger partial charge in [-0.05, 0) is 24.9 Å². The molecule has 21 heavy (non-hydrogen) atoms. The maximum atomic E-state index is 11.2.